The van der Waals surface area contributed by atoms with Gasteiger partial charge in [-0.3, -0.25) is 10.1 Å². The van der Waals surface area contributed by atoms with Gasteiger partial charge < -0.3 is 5.11 Å². The first-order valence-electron chi connectivity index (χ1n) is 4.28. The number of halogens is 1. The van der Waals surface area contributed by atoms with Crippen molar-refractivity contribution in [2.75, 3.05) is 0 Å². The average Bonchev–Trinajstić information content (AvgIpc) is 2.18. The van der Waals surface area contributed by atoms with E-state index in [4.69, 9.17) is 5.11 Å². The van der Waals surface area contributed by atoms with E-state index < -0.39 is 10.9 Å². The third kappa shape index (κ3) is 2.66. The van der Waals surface area contributed by atoms with Crippen molar-refractivity contribution >= 4 is 33.7 Å². The van der Waals surface area contributed by atoms with Gasteiger partial charge in [0.15, 0.2) is 0 Å². The van der Waals surface area contributed by atoms with Crippen molar-refractivity contribution in [1.82, 2.24) is 0 Å². The number of aliphatic carboxylic acids is 1. The standard InChI is InChI=1S/C10H8BrNO4/c1-6-2-4-8(11)7(3-5-9(13)14)10(6)12(15)16/h2-5H,1H3,(H,13,14)/b5-3+. The van der Waals surface area contributed by atoms with Crippen LogP contribution in [-0.2, 0) is 4.79 Å². The average molecular weight is 286 g/mol. The number of carbonyl (C=O) groups is 1. The number of hydrogen-bond acceptors (Lipinski definition) is 3. The highest BCUT2D eigenvalue weighted by Gasteiger charge is 2.18. The highest BCUT2D eigenvalue weighted by atomic mass is 79.9. The number of nitro benzene ring substituents is 1. The Labute approximate surface area is 99.7 Å². The Bertz CT molecular complexity index is 482. The number of benzene rings is 1. The molecule has 0 radical (unpaired) electrons. The van der Waals surface area contributed by atoms with Crippen molar-refractivity contribution in [3.05, 3.63) is 43.9 Å². The summed E-state index contributed by atoms with van der Waals surface area (Å²) in [7, 11) is 0. The quantitative estimate of drug-likeness (QED) is 0.526. The molecule has 6 heteroatoms. The van der Waals surface area contributed by atoms with E-state index in [0.29, 0.717) is 10.0 Å². The molecule has 0 aliphatic carbocycles. The zero-order valence-corrected chi connectivity index (χ0v) is 9.89. The Morgan fingerprint density at radius 2 is 2.19 bits per heavy atom. The number of hydrogen-bond donors (Lipinski definition) is 1. The highest BCUT2D eigenvalue weighted by molar-refractivity contribution is 9.10. The van der Waals surface area contributed by atoms with Gasteiger partial charge in [-0.2, -0.15) is 0 Å². The van der Waals surface area contributed by atoms with E-state index in [0.717, 1.165) is 6.08 Å². The Balaban J connectivity index is 3.40. The summed E-state index contributed by atoms with van der Waals surface area (Å²) in [6.45, 7) is 1.60. The molecule has 1 rings (SSSR count). The molecule has 0 amide bonds. The summed E-state index contributed by atoms with van der Waals surface area (Å²) < 4.78 is 0.488. The van der Waals surface area contributed by atoms with Gasteiger partial charge in [0, 0.05) is 16.1 Å². The van der Waals surface area contributed by atoms with Crippen LogP contribution in [0.5, 0.6) is 0 Å². The van der Waals surface area contributed by atoms with E-state index >= 15 is 0 Å². The van der Waals surface area contributed by atoms with E-state index in [1.165, 1.54) is 6.08 Å². The van der Waals surface area contributed by atoms with E-state index in [2.05, 4.69) is 15.9 Å². The van der Waals surface area contributed by atoms with Gasteiger partial charge in [-0.05, 0) is 35.0 Å². The lowest BCUT2D eigenvalue weighted by Gasteiger charge is -2.03. The Morgan fingerprint density at radius 1 is 1.56 bits per heavy atom. The molecule has 84 valence electrons. The molecule has 0 atom stereocenters. The van der Waals surface area contributed by atoms with Gasteiger partial charge in [0.25, 0.3) is 5.69 Å². The number of nitrogens with zero attached hydrogens (tertiary/aromatic N) is 1. The lowest BCUT2D eigenvalue weighted by molar-refractivity contribution is -0.385. The first kappa shape index (κ1) is 12.4. The van der Waals surface area contributed by atoms with Crippen LogP contribution in [-0.4, -0.2) is 16.0 Å². The molecule has 0 fully saturated rings. The minimum atomic E-state index is -1.15. The zero-order valence-electron chi connectivity index (χ0n) is 8.31. The van der Waals surface area contributed by atoms with Gasteiger partial charge in [-0.15, -0.1) is 0 Å². The summed E-state index contributed by atoms with van der Waals surface area (Å²) in [5, 5.41) is 19.3. The highest BCUT2D eigenvalue weighted by Crippen LogP contribution is 2.31. The van der Waals surface area contributed by atoms with Gasteiger partial charge >= 0.3 is 5.97 Å². The first-order chi connectivity index (χ1) is 7.43. The fourth-order valence-corrected chi connectivity index (χ4v) is 1.70. The van der Waals surface area contributed by atoms with Crippen molar-refractivity contribution in [2.45, 2.75) is 6.92 Å². The van der Waals surface area contributed by atoms with Crippen LogP contribution in [0.25, 0.3) is 6.08 Å². The molecule has 1 aromatic rings. The van der Waals surface area contributed by atoms with Crippen molar-refractivity contribution in [2.24, 2.45) is 0 Å². The molecular weight excluding hydrogens is 278 g/mol. The second-order valence-corrected chi connectivity index (χ2v) is 3.91. The van der Waals surface area contributed by atoms with Gasteiger partial charge in [0.2, 0.25) is 0 Å². The maximum absolute atomic E-state index is 10.8. The van der Waals surface area contributed by atoms with Crippen LogP contribution < -0.4 is 0 Å². The summed E-state index contributed by atoms with van der Waals surface area (Å²) in [5.41, 5.74) is 0.650. The fraction of sp³-hybridized carbons (Fsp3) is 0.100. The van der Waals surface area contributed by atoms with Crippen molar-refractivity contribution < 1.29 is 14.8 Å². The third-order valence-electron chi connectivity index (χ3n) is 1.94. The van der Waals surface area contributed by atoms with Gasteiger partial charge in [0.05, 0.1) is 10.5 Å². The van der Waals surface area contributed by atoms with E-state index in [-0.39, 0.29) is 11.3 Å². The summed E-state index contributed by atoms with van der Waals surface area (Å²) in [6.07, 6.45) is 2.07. The van der Waals surface area contributed by atoms with Crippen molar-refractivity contribution in [3.63, 3.8) is 0 Å². The van der Waals surface area contributed by atoms with Crippen LogP contribution in [0.2, 0.25) is 0 Å². The molecule has 0 aliphatic heterocycles. The van der Waals surface area contributed by atoms with Gasteiger partial charge in [-0.1, -0.05) is 6.07 Å². The molecule has 1 N–H and O–H groups in total. The molecule has 0 unspecified atom stereocenters. The molecule has 0 spiro atoms. The van der Waals surface area contributed by atoms with Crippen LogP contribution >= 0.6 is 15.9 Å². The summed E-state index contributed by atoms with van der Waals surface area (Å²) in [5.74, 6) is -1.15. The Kier molecular flexibility index (Phi) is 3.78. The monoisotopic (exact) mass is 285 g/mol. The van der Waals surface area contributed by atoms with Crippen LogP contribution in [0, 0.1) is 17.0 Å². The second kappa shape index (κ2) is 4.89. The van der Waals surface area contributed by atoms with E-state index in [9.17, 15) is 14.9 Å². The number of carboxylic acids is 1. The molecule has 0 bridgehead atoms. The molecule has 0 heterocycles. The maximum atomic E-state index is 10.8. The summed E-state index contributed by atoms with van der Waals surface area (Å²) in [6, 6.07) is 3.24. The molecule has 5 nitrogen and oxygen atoms in total. The predicted molar refractivity (Wildman–Crippen MR) is 62.2 cm³/mol. The smallest absolute Gasteiger partial charge is 0.328 e. The normalized spacial score (nSPS) is 10.6. The number of rotatable bonds is 3. The molecule has 16 heavy (non-hydrogen) atoms. The summed E-state index contributed by atoms with van der Waals surface area (Å²) >= 11 is 3.15. The van der Waals surface area contributed by atoms with Crippen LogP contribution in [0.3, 0.4) is 0 Å². The second-order valence-electron chi connectivity index (χ2n) is 3.06. The Hall–Kier alpha value is -1.69. The van der Waals surface area contributed by atoms with Crippen LogP contribution in [0.15, 0.2) is 22.7 Å². The molecule has 0 aromatic heterocycles. The predicted octanol–water partition coefficient (Wildman–Crippen LogP) is 2.76. The lowest BCUT2D eigenvalue weighted by atomic mass is 10.1. The number of aryl methyl sites for hydroxylation is 1. The topological polar surface area (TPSA) is 80.4 Å². The maximum Gasteiger partial charge on any atom is 0.328 e. The Morgan fingerprint density at radius 3 is 2.69 bits per heavy atom. The number of nitro groups is 1. The molecular formula is C10H8BrNO4. The van der Waals surface area contributed by atoms with Crippen LogP contribution in [0.1, 0.15) is 11.1 Å². The minimum absolute atomic E-state index is 0.0909. The van der Waals surface area contributed by atoms with E-state index in [1.807, 2.05) is 0 Å². The first-order valence-corrected chi connectivity index (χ1v) is 5.07. The number of carboxylic acid groups (broad SMARTS) is 1. The molecule has 0 aliphatic rings. The van der Waals surface area contributed by atoms with Gasteiger partial charge in [0.1, 0.15) is 0 Å². The fourth-order valence-electron chi connectivity index (χ4n) is 1.25. The molecule has 1 aromatic carbocycles. The minimum Gasteiger partial charge on any atom is -0.478 e. The lowest BCUT2D eigenvalue weighted by Crippen LogP contribution is -1.96. The third-order valence-corrected chi connectivity index (χ3v) is 2.63. The summed E-state index contributed by atoms with van der Waals surface area (Å²) in [4.78, 5) is 20.7. The molecule has 0 saturated carbocycles. The molecule has 0 saturated heterocycles. The zero-order chi connectivity index (χ0) is 12.3. The van der Waals surface area contributed by atoms with Gasteiger partial charge in [-0.25, -0.2) is 4.79 Å². The van der Waals surface area contributed by atoms with Crippen molar-refractivity contribution in [3.8, 4) is 0 Å². The van der Waals surface area contributed by atoms with Crippen LogP contribution in [0.4, 0.5) is 5.69 Å². The van der Waals surface area contributed by atoms with E-state index in [1.54, 1.807) is 19.1 Å². The van der Waals surface area contributed by atoms with Crippen molar-refractivity contribution in [1.29, 1.82) is 0 Å². The SMILES string of the molecule is Cc1ccc(Br)c(/C=C/C(=O)O)c1[N+](=O)[O-]. The largest absolute Gasteiger partial charge is 0.478 e.